The van der Waals surface area contributed by atoms with Crippen LogP contribution >= 0.6 is 15.9 Å². The van der Waals surface area contributed by atoms with Crippen LogP contribution in [-0.2, 0) is 6.42 Å². The highest BCUT2D eigenvalue weighted by molar-refractivity contribution is 9.10. The summed E-state index contributed by atoms with van der Waals surface area (Å²) in [6.07, 6.45) is 4.79. The Morgan fingerprint density at radius 1 is 1.15 bits per heavy atom. The summed E-state index contributed by atoms with van der Waals surface area (Å²) in [5, 5.41) is 2.81. The van der Waals surface area contributed by atoms with Gasteiger partial charge in [-0.1, -0.05) is 31.9 Å². The second kappa shape index (κ2) is 7.29. The third-order valence-electron chi connectivity index (χ3n) is 3.08. The average Bonchev–Trinajstić information content (AvgIpc) is 2.88. The first-order chi connectivity index (χ1) is 9.69. The number of carbonyl (C=O) groups is 1. The standard InChI is InChI=1S/C16H18BrNO2/c1-2-3-4-5-12-6-8-13(9-7-12)18-16(19)14-10-11-15(17)20-14/h6-11H,2-5H2,1H3,(H,18,19). The van der Waals surface area contributed by atoms with Crippen molar-refractivity contribution in [2.24, 2.45) is 0 Å². The van der Waals surface area contributed by atoms with Crippen molar-refractivity contribution in [3.63, 3.8) is 0 Å². The van der Waals surface area contributed by atoms with Crippen LogP contribution in [-0.4, -0.2) is 5.91 Å². The number of hydrogen-bond donors (Lipinski definition) is 1. The van der Waals surface area contributed by atoms with Crippen LogP contribution in [0.1, 0.15) is 42.3 Å². The Kier molecular flexibility index (Phi) is 5.41. The molecule has 0 aliphatic rings. The van der Waals surface area contributed by atoms with Gasteiger partial charge in [0.2, 0.25) is 0 Å². The number of halogens is 1. The van der Waals surface area contributed by atoms with E-state index in [9.17, 15) is 4.79 Å². The van der Waals surface area contributed by atoms with Crippen LogP contribution in [0.2, 0.25) is 0 Å². The topological polar surface area (TPSA) is 42.2 Å². The van der Waals surface area contributed by atoms with Crippen LogP contribution in [0.4, 0.5) is 5.69 Å². The first kappa shape index (κ1) is 14.9. The van der Waals surface area contributed by atoms with Crippen molar-refractivity contribution in [1.29, 1.82) is 0 Å². The van der Waals surface area contributed by atoms with Gasteiger partial charge in [-0.15, -0.1) is 0 Å². The minimum Gasteiger partial charge on any atom is -0.444 e. The zero-order chi connectivity index (χ0) is 14.4. The van der Waals surface area contributed by atoms with Gasteiger partial charge in [0, 0.05) is 5.69 Å². The average molecular weight is 336 g/mol. The number of anilines is 1. The van der Waals surface area contributed by atoms with E-state index in [-0.39, 0.29) is 5.91 Å². The molecule has 1 N–H and O–H groups in total. The van der Waals surface area contributed by atoms with Gasteiger partial charge in [0.15, 0.2) is 10.4 Å². The molecule has 0 bridgehead atoms. The van der Waals surface area contributed by atoms with E-state index in [0.29, 0.717) is 10.4 Å². The number of rotatable bonds is 6. The van der Waals surface area contributed by atoms with Gasteiger partial charge in [0.25, 0.3) is 5.91 Å². The lowest BCUT2D eigenvalue weighted by atomic mass is 10.1. The molecule has 1 amide bonds. The Morgan fingerprint density at radius 3 is 2.50 bits per heavy atom. The van der Waals surface area contributed by atoms with E-state index in [2.05, 4.69) is 40.3 Å². The molecule has 2 aromatic rings. The maximum absolute atomic E-state index is 11.9. The number of furan rings is 1. The van der Waals surface area contributed by atoms with Crippen molar-refractivity contribution in [2.45, 2.75) is 32.6 Å². The molecular formula is C16H18BrNO2. The highest BCUT2D eigenvalue weighted by Crippen LogP contribution is 2.17. The van der Waals surface area contributed by atoms with E-state index >= 15 is 0 Å². The van der Waals surface area contributed by atoms with Gasteiger partial charge in [0.05, 0.1) is 0 Å². The molecule has 4 heteroatoms. The number of nitrogens with one attached hydrogen (secondary N) is 1. The predicted octanol–water partition coefficient (Wildman–Crippen LogP) is 5.03. The largest absolute Gasteiger partial charge is 0.444 e. The fourth-order valence-corrected chi connectivity index (χ4v) is 2.27. The summed E-state index contributed by atoms with van der Waals surface area (Å²) >= 11 is 3.18. The van der Waals surface area contributed by atoms with E-state index in [4.69, 9.17) is 4.42 Å². The molecule has 0 aliphatic carbocycles. The molecule has 0 fully saturated rings. The molecule has 0 spiro atoms. The monoisotopic (exact) mass is 335 g/mol. The zero-order valence-corrected chi connectivity index (χ0v) is 13.1. The highest BCUT2D eigenvalue weighted by atomic mass is 79.9. The van der Waals surface area contributed by atoms with Gasteiger partial charge >= 0.3 is 0 Å². The molecule has 3 nitrogen and oxygen atoms in total. The van der Waals surface area contributed by atoms with Gasteiger partial charge in [0.1, 0.15) is 0 Å². The summed E-state index contributed by atoms with van der Waals surface area (Å²) in [5.74, 6) is 0.0540. The van der Waals surface area contributed by atoms with Crippen LogP contribution < -0.4 is 5.32 Å². The van der Waals surface area contributed by atoms with Gasteiger partial charge in [-0.2, -0.15) is 0 Å². The smallest absolute Gasteiger partial charge is 0.291 e. The third kappa shape index (κ3) is 4.23. The molecule has 20 heavy (non-hydrogen) atoms. The molecular weight excluding hydrogens is 318 g/mol. The summed E-state index contributed by atoms with van der Waals surface area (Å²) in [4.78, 5) is 11.9. The molecule has 0 radical (unpaired) electrons. The van der Waals surface area contributed by atoms with Gasteiger partial charge in [-0.25, -0.2) is 0 Å². The van der Waals surface area contributed by atoms with E-state index in [0.717, 1.165) is 12.1 Å². The van der Waals surface area contributed by atoms with Crippen LogP contribution in [0, 0.1) is 0 Å². The molecule has 1 heterocycles. The first-order valence-electron chi connectivity index (χ1n) is 6.84. The minimum absolute atomic E-state index is 0.241. The van der Waals surface area contributed by atoms with Crippen molar-refractivity contribution in [2.75, 3.05) is 5.32 Å². The maximum Gasteiger partial charge on any atom is 0.291 e. The summed E-state index contributed by atoms with van der Waals surface area (Å²) in [6.45, 7) is 2.20. The van der Waals surface area contributed by atoms with Crippen LogP contribution in [0.25, 0.3) is 0 Å². The number of aryl methyl sites for hydroxylation is 1. The van der Waals surface area contributed by atoms with Crippen LogP contribution in [0.15, 0.2) is 45.5 Å². The Hall–Kier alpha value is -1.55. The summed E-state index contributed by atoms with van der Waals surface area (Å²) in [6, 6.07) is 11.3. The maximum atomic E-state index is 11.9. The molecule has 0 saturated carbocycles. The van der Waals surface area contributed by atoms with Crippen molar-refractivity contribution in [3.05, 3.63) is 52.4 Å². The molecule has 0 unspecified atom stereocenters. The molecule has 1 aromatic heterocycles. The van der Waals surface area contributed by atoms with E-state index in [1.54, 1.807) is 12.1 Å². The highest BCUT2D eigenvalue weighted by Gasteiger charge is 2.10. The Balaban J connectivity index is 1.91. The normalized spacial score (nSPS) is 10.5. The Bertz CT molecular complexity index is 560. The fraction of sp³-hybridized carbons (Fsp3) is 0.312. The molecule has 2 rings (SSSR count). The quantitative estimate of drug-likeness (QED) is 0.752. The third-order valence-corrected chi connectivity index (χ3v) is 3.50. The Morgan fingerprint density at radius 2 is 1.90 bits per heavy atom. The zero-order valence-electron chi connectivity index (χ0n) is 11.5. The van der Waals surface area contributed by atoms with Crippen molar-refractivity contribution < 1.29 is 9.21 Å². The number of carbonyl (C=O) groups excluding carboxylic acids is 1. The lowest BCUT2D eigenvalue weighted by Gasteiger charge is -2.05. The predicted molar refractivity (Wildman–Crippen MR) is 84.0 cm³/mol. The van der Waals surface area contributed by atoms with Crippen molar-refractivity contribution in [3.8, 4) is 0 Å². The molecule has 106 valence electrons. The van der Waals surface area contributed by atoms with Crippen LogP contribution in [0.3, 0.4) is 0 Å². The molecule has 0 aliphatic heterocycles. The van der Waals surface area contributed by atoms with E-state index in [1.807, 2.05) is 12.1 Å². The van der Waals surface area contributed by atoms with Gasteiger partial charge in [-0.3, -0.25) is 4.79 Å². The molecule has 0 atom stereocenters. The number of amides is 1. The summed E-state index contributed by atoms with van der Waals surface area (Å²) < 4.78 is 5.76. The lowest BCUT2D eigenvalue weighted by Crippen LogP contribution is -2.10. The fourth-order valence-electron chi connectivity index (χ4n) is 1.96. The summed E-state index contributed by atoms with van der Waals surface area (Å²) in [7, 11) is 0. The van der Waals surface area contributed by atoms with E-state index in [1.165, 1.54) is 24.8 Å². The van der Waals surface area contributed by atoms with Gasteiger partial charge in [-0.05, 0) is 58.6 Å². The second-order valence-corrected chi connectivity index (χ2v) is 5.49. The lowest BCUT2D eigenvalue weighted by molar-refractivity contribution is 0.0995. The molecule has 1 aromatic carbocycles. The van der Waals surface area contributed by atoms with Crippen molar-refractivity contribution in [1.82, 2.24) is 0 Å². The van der Waals surface area contributed by atoms with Gasteiger partial charge < -0.3 is 9.73 Å². The van der Waals surface area contributed by atoms with E-state index < -0.39 is 0 Å². The second-order valence-electron chi connectivity index (χ2n) is 4.71. The number of unbranched alkanes of at least 4 members (excludes halogenated alkanes) is 2. The summed E-state index contributed by atoms with van der Waals surface area (Å²) in [5.41, 5.74) is 2.08. The number of benzene rings is 1. The van der Waals surface area contributed by atoms with Crippen LogP contribution in [0.5, 0.6) is 0 Å². The molecule has 0 saturated heterocycles. The number of hydrogen-bond acceptors (Lipinski definition) is 2. The minimum atomic E-state index is -0.241. The SMILES string of the molecule is CCCCCc1ccc(NC(=O)c2ccc(Br)o2)cc1. The first-order valence-corrected chi connectivity index (χ1v) is 7.64. The Labute approximate surface area is 127 Å². The van der Waals surface area contributed by atoms with Crippen molar-refractivity contribution >= 4 is 27.5 Å².